The van der Waals surface area contributed by atoms with E-state index in [1.54, 1.807) is 18.4 Å². The van der Waals surface area contributed by atoms with Crippen LogP contribution in [0.15, 0.2) is 35.3 Å². The van der Waals surface area contributed by atoms with E-state index in [9.17, 15) is 34.2 Å². The minimum absolute atomic E-state index is 0.0443. The Balaban J connectivity index is 2.92. The highest BCUT2D eigenvalue weighted by atomic mass is 32.2. The highest BCUT2D eigenvalue weighted by Gasteiger charge is 2.31. The summed E-state index contributed by atoms with van der Waals surface area (Å²) in [6.45, 7) is 0.125. The molecule has 0 fully saturated rings. The molecule has 216 valence electrons. The summed E-state index contributed by atoms with van der Waals surface area (Å²) in [5, 5.41) is 25.9. The second-order valence-electron chi connectivity index (χ2n) is 8.65. The maximum atomic E-state index is 13.1. The second-order valence-corrected chi connectivity index (χ2v) is 9.63. The van der Waals surface area contributed by atoms with E-state index in [1.165, 1.54) is 11.8 Å². The van der Waals surface area contributed by atoms with E-state index in [0.29, 0.717) is 5.75 Å². The fourth-order valence-electron chi connectivity index (χ4n) is 3.43. The number of carboxylic acid groups (broad SMARTS) is 2. The lowest BCUT2D eigenvalue weighted by Gasteiger charge is -2.24. The zero-order valence-corrected chi connectivity index (χ0v) is 22.5. The van der Waals surface area contributed by atoms with Crippen LogP contribution in [-0.4, -0.2) is 88.6 Å². The van der Waals surface area contributed by atoms with E-state index in [0.717, 1.165) is 5.56 Å². The van der Waals surface area contributed by atoms with Crippen LogP contribution in [-0.2, 0) is 30.4 Å². The van der Waals surface area contributed by atoms with Crippen molar-refractivity contribution in [2.24, 2.45) is 22.2 Å². The summed E-state index contributed by atoms with van der Waals surface area (Å²) in [5.74, 6) is -4.85. The third-order valence-electron chi connectivity index (χ3n) is 5.45. The molecule has 0 radical (unpaired) electrons. The molecule has 0 saturated carbocycles. The lowest BCUT2D eigenvalue weighted by Crippen LogP contribution is -2.57. The smallest absolute Gasteiger partial charge is 0.326 e. The van der Waals surface area contributed by atoms with Gasteiger partial charge in [0.2, 0.25) is 17.7 Å². The predicted octanol–water partition coefficient (Wildman–Crippen LogP) is -1.62. The number of rotatable bonds is 18. The Kier molecular flexibility index (Phi) is 15.0. The van der Waals surface area contributed by atoms with Crippen molar-refractivity contribution in [3.05, 3.63) is 35.9 Å². The van der Waals surface area contributed by atoms with Crippen molar-refractivity contribution >= 4 is 47.4 Å². The molecule has 4 atom stereocenters. The molecular formula is C24H37N7O7S. The van der Waals surface area contributed by atoms with Crippen LogP contribution in [0.4, 0.5) is 0 Å². The number of amides is 3. The van der Waals surface area contributed by atoms with Gasteiger partial charge in [0, 0.05) is 6.54 Å². The monoisotopic (exact) mass is 567 g/mol. The average Bonchev–Trinajstić information content (AvgIpc) is 2.87. The molecule has 0 aliphatic rings. The van der Waals surface area contributed by atoms with Crippen LogP contribution in [0.1, 0.15) is 31.2 Å². The third kappa shape index (κ3) is 13.5. The van der Waals surface area contributed by atoms with Gasteiger partial charge in [-0.2, -0.15) is 11.8 Å². The quantitative estimate of drug-likeness (QED) is 0.0568. The van der Waals surface area contributed by atoms with Crippen LogP contribution in [0.3, 0.4) is 0 Å². The standard InChI is InChI=1S/C24H37N7O7S/c1-39-11-9-16(29-20(34)15(25)12-14-6-3-2-4-7-14)21(35)31-18(13-19(32)33)22(36)30-17(23(37)38)8-5-10-28-24(26)27/h2-4,6-7,15-18H,5,8-13,25H2,1H3,(H,29,34)(H,30,36)(H,31,35)(H,32,33)(H,37,38)(H4,26,27,28). The number of guanidine groups is 1. The minimum Gasteiger partial charge on any atom is -0.481 e. The molecule has 39 heavy (non-hydrogen) atoms. The summed E-state index contributed by atoms with van der Waals surface area (Å²) in [7, 11) is 0. The van der Waals surface area contributed by atoms with E-state index < -0.39 is 60.2 Å². The van der Waals surface area contributed by atoms with Gasteiger partial charge in [-0.1, -0.05) is 30.3 Å². The molecule has 0 aliphatic carbocycles. The molecule has 1 aromatic carbocycles. The second kappa shape index (κ2) is 17.6. The van der Waals surface area contributed by atoms with Crippen molar-refractivity contribution in [1.82, 2.24) is 16.0 Å². The van der Waals surface area contributed by atoms with Gasteiger partial charge in [0.25, 0.3) is 0 Å². The summed E-state index contributed by atoms with van der Waals surface area (Å²) in [6.07, 6.45) is 1.58. The van der Waals surface area contributed by atoms with E-state index in [4.69, 9.17) is 17.2 Å². The average molecular weight is 568 g/mol. The van der Waals surface area contributed by atoms with Crippen LogP contribution < -0.4 is 33.2 Å². The number of carbonyl (C=O) groups excluding carboxylic acids is 3. The highest BCUT2D eigenvalue weighted by Crippen LogP contribution is 2.07. The number of aliphatic carboxylic acids is 2. The molecule has 14 nitrogen and oxygen atoms in total. The Bertz CT molecular complexity index is 1010. The number of thioether (sulfide) groups is 1. The Morgan fingerprint density at radius 1 is 0.897 bits per heavy atom. The number of hydrogen-bond donors (Lipinski definition) is 8. The fourth-order valence-corrected chi connectivity index (χ4v) is 3.90. The Morgan fingerprint density at radius 3 is 2.05 bits per heavy atom. The number of benzene rings is 1. The van der Waals surface area contributed by atoms with Gasteiger partial charge in [-0.05, 0) is 43.3 Å². The molecule has 15 heteroatoms. The van der Waals surface area contributed by atoms with E-state index in [1.807, 2.05) is 18.2 Å². The normalized spacial score (nSPS) is 13.7. The van der Waals surface area contributed by atoms with Gasteiger partial charge in [-0.25, -0.2) is 4.79 Å². The van der Waals surface area contributed by atoms with Crippen LogP contribution in [0.25, 0.3) is 0 Å². The first-order chi connectivity index (χ1) is 18.4. The molecule has 1 rings (SSSR count). The summed E-state index contributed by atoms with van der Waals surface area (Å²) < 4.78 is 0. The van der Waals surface area contributed by atoms with E-state index in [-0.39, 0.29) is 38.2 Å². The Labute approximate surface area is 230 Å². The predicted molar refractivity (Wildman–Crippen MR) is 147 cm³/mol. The van der Waals surface area contributed by atoms with Crippen LogP contribution in [0.2, 0.25) is 0 Å². The summed E-state index contributed by atoms with van der Waals surface area (Å²) in [5.41, 5.74) is 17.3. The van der Waals surface area contributed by atoms with Crippen molar-refractivity contribution in [2.45, 2.75) is 56.3 Å². The molecular weight excluding hydrogens is 530 g/mol. The first kappa shape index (κ1) is 33.2. The van der Waals surface area contributed by atoms with Crippen molar-refractivity contribution in [2.75, 3.05) is 18.6 Å². The van der Waals surface area contributed by atoms with Crippen molar-refractivity contribution < 1.29 is 34.2 Å². The zero-order valence-electron chi connectivity index (χ0n) is 21.7. The Morgan fingerprint density at radius 2 is 1.49 bits per heavy atom. The lowest BCUT2D eigenvalue weighted by atomic mass is 10.1. The number of aliphatic imine (C=N–C) groups is 1. The molecule has 0 aromatic heterocycles. The number of carboxylic acids is 2. The Hall–Kier alpha value is -3.85. The summed E-state index contributed by atoms with van der Waals surface area (Å²) >= 11 is 1.42. The lowest BCUT2D eigenvalue weighted by molar-refractivity contribution is -0.143. The molecule has 1 aromatic rings. The molecule has 0 bridgehead atoms. The van der Waals surface area contributed by atoms with Gasteiger partial charge < -0.3 is 43.4 Å². The number of nitrogens with one attached hydrogen (secondary N) is 3. The SMILES string of the molecule is CSCCC(NC(=O)C(N)Cc1ccccc1)C(=O)NC(CC(=O)O)C(=O)NC(CCCN=C(N)N)C(=O)O. The van der Waals surface area contributed by atoms with Gasteiger partial charge in [-0.3, -0.25) is 24.2 Å². The number of nitrogens with zero attached hydrogens (tertiary/aromatic N) is 1. The van der Waals surface area contributed by atoms with Crippen molar-refractivity contribution in [3.63, 3.8) is 0 Å². The highest BCUT2D eigenvalue weighted by molar-refractivity contribution is 7.98. The molecule has 3 amide bonds. The first-order valence-corrected chi connectivity index (χ1v) is 13.5. The number of nitrogens with two attached hydrogens (primary N) is 3. The van der Waals surface area contributed by atoms with Gasteiger partial charge in [0.15, 0.2) is 5.96 Å². The van der Waals surface area contributed by atoms with Gasteiger partial charge in [0.1, 0.15) is 18.1 Å². The van der Waals surface area contributed by atoms with E-state index >= 15 is 0 Å². The van der Waals surface area contributed by atoms with Crippen LogP contribution >= 0.6 is 11.8 Å². The van der Waals surface area contributed by atoms with Gasteiger partial charge >= 0.3 is 11.9 Å². The third-order valence-corrected chi connectivity index (χ3v) is 6.09. The summed E-state index contributed by atoms with van der Waals surface area (Å²) in [4.78, 5) is 65.3. The van der Waals surface area contributed by atoms with Gasteiger partial charge in [-0.15, -0.1) is 0 Å². The summed E-state index contributed by atoms with van der Waals surface area (Å²) in [6, 6.07) is 4.03. The maximum Gasteiger partial charge on any atom is 0.326 e. The molecule has 0 saturated heterocycles. The fraction of sp³-hybridized carbons (Fsp3) is 0.500. The molecule has 4 unspecified atom stereocenters. The van der Waals surface area contributed by atoms with Gasteiger partial charge in [0.05, 0.1) is 12.5 Å². The molecule has 11 N–H and O–H groups in total. The topological polar surface area (TPSA) is 252 Å². The zero-order chi connectivity index (χ0) is 29.4. The minimum atomic E-state index is -1.60. The molecule has 0 spiro atoms. The maximum absolute atomic E-state index is 13.1. The van der Waals surface area contributed by atoms with Crippen molar-refractivity contribution in [3.8, 4) is 0 Å². The van der Waals surface area contributed by atoms with Crippen molar-refractivity contribution in [1.29, 1.82) is 0 Å². The number of carbonyl (C=O) groups is 5. The largest absolute Gasteiger partial charge is 0.481 e. The number of hydrogen-bond acceptors (Lipinski definition) is 8. The first-order valence-electron chi connectivity index (χ1n) is 12.1. The van der Waals surface area contributed by atoms with Crippen LogP contribution in [0.5, 0.6) is 0 Å². The molecule has 0 heterocycles. The molecule has 0 aliphatic heterocycles. The van der Waals surface area contributed by atoms with Crippen LogP contribution in [0, 0.1) is 0 Å². The van der Waals surface area contributed by atoms with E-state index in [2.05, 4.69) is 20.9 Å².